The average Bonchev–Trinajstić information content (AvgIpc) is 2.25. The minimum absolute atomic E-state index is 0.329. The van der Waals surface area contributed by atoms with E-state index in [-0.39, 0.29) is 0 Å². The fraction of sp³-hybridized carbons (Fsp3) is 0.429. The molecular formula is C14H19NO5. The predicted molar refractivity (Wildman–Crippen MR) is 73.5 cm³/mol. The van der Waals surface area contributed by atoms with Crippen molar-refractivity contribution in [1.29, 1.82) is 0 Å². The molecule has 0 aromatic heterocycles. The van der Waals surface area contributed by atoms with Crippen LogP contribution in [0, 0.1) is 0 Å². The largest absolute Gasteiger partial charge is 0.481 e. The standard InChI is InChI=1S/C14H19NO5/c1-14(2,3)20-13(19)15-10-7-5-4-6-9(10)11(16)8-12(17)18/h4-7,11,16H,8H2,1-3H3,(H,15,19)(H,17,18)/t11-/m0/s1. The number of carbonyl (C=O) groups is 2. The van der Waals surface area contributed by atoms with Crippen molar-refractivity contribution >= 4 is 17.7 Å². The van der Waals surface area contributed by atoms with Crippen LogP contribution in [0.2, 0.25) is 0 Å². The van der Waals surface area contributed by atoms with Gasteiger partial charge in [-0.2, -0.15) is 0 Å². The van der Waals surface area contributed by atoms with Crippen LogP contribution in [0.1, 0.15) is 38.9 Å². The molecule has 1 aromatic rings. The number of hydrogen-bond donors (Lipinski definition) is 3. The zero-order chi connectivity index (χ0) is 15.3. The molecule has 6 heteroatoms. The van der Waals surface area contributed by atoms with Gasteiger partial charge in [0.25, 0.3) is 0 Å². The van der Waals surface area contributed by atoms with Gasteiger partial charge < -0.3 is 14.9 Å². The molecule has 0 aliphatic rings. The van der Waals surface area contributed by atoms with Gasteiger partial charge in [-0.15, -0.1) is 0 Å². The maximum absolute atomic E-state index is 11.7. The number of para-hydroxylation sites is 1. The van der Waals surface area contributed by atoms with Gasteiger partial charge in [0.05, 0.1) is 12.5 Å². The van der Waals surface area contributed by atoms with Crippen LogP contribution in [-0.2, 0) is 9.53 Å². The number of rotatable bonds is 4. The number of amides is 1. The van der Waals surface area contributed by atoms with Gasteiger partial charge in [-0.05, 0) is 26.8 Å². The van der Waals surface area contributed by atoms with Crippen LogP contribution in [0.5, 0.6) is 0 Å². The SMILES string of the molecule is CC(C)(C)OC(=O)Nc1ccccc1[C@@H](O)CC(=O)O. The van der Waals surface area contributed by atoms with Gasteiger partial charge in [0, 0.05) is 11.3 Å². The van der Waals surface area contributed by atoms with Gasteiger partial charge in [-0.1, -0.05) is 18.2 Å². The summed E-state index contributed by atoms with van der Waals surface area (Å²) in [7, 11) is 0. The van der Waals surface area contributed by atoms with Crippen LogP contribution in [0.25, 0.3) is 0 Å². The lowest BCUT2D eigenvalue weighted by Crippen LogP contribution is -2.27. The number of ether oxygens (including phenoxy) is 1. The number of hydrogen-bond acceptors (Lipinski definition) is 4. The highest BCUT2D eigenvalue weighted by atomic mass is 16.6. The number of nitrogens with one attached hydrogen (secondary N) is 1. The number of carboxylic acids is 1. The molecule has 0 aliphatic carbocycles. The lowest BCUT2D eigenvalue weighted by molar-refractivity contribution is -0.139. The second-order valence-electron chi connectivity index (χ2n) is 5.33. The van der Waals surface area contributed by atoms with E-state index in [0.717, 1.165) is 0 Å². The highest BCUT2D eigenvalue weighted by molar-refractivity contribution is 5.86. The Bertz CT molecular complexity index is 493. The number of carbonyl (C=O) groups excluding carboxylic acids is 1. The third-order valence-electron chi connectivity index (χ3n) is 2.32. The summed E-state index contributed by atoms with van der Waals surface area (Å²) < 4.78 is 5.11. The smallest absolute Gasteiger partial charge is 0.412 e. The van der Waals surface area contributed by atoms with Crippen LogP contribution < -0.4 is 5.32 Å². The van der Waals surface area contributed by atoms with E-state index in [1.54, 1.807) is 45.0 Å². The van der Waals surface area contributed by atoms with Crippen molar-refractivity contribution < 1.29 is 24.5 Å². The zero-order valence-corrected chi connectivity index (χ0v) is 11.7. The molecule has 0 heterocycles. The summed E-state index contributed by atoms with van der Waals surface area (Å²) in [6.07, 6.45) is -2.29. The minimum Gasteiger partial charge on any atom is -0.481 e. The fourth-order valence-corrected chi connectivity index (χ4v) is 1.59. The van der Waals surface area contributed by atoms with Crippen molar-refractivity contribution in [3.8, 4) is 0 Å². The Morgan fingerprint density at radius 2 is 1.90 bits per heavy atom. The first-order valence-corrected chi connectivity index (χ1v) is 6.18. The molecule has 0 radical (unpaired) electrons. The molecule has 0 spiro atoms. The summed E-state index contributed by atoms with van der Waals surface area (Å²) in [6, 6.07) is 6.45. The van der Waals surface area contributed by atoms with Gasteiger partial charge in [0.2, 0.25) is 0 Å². The zero-order valence-electron chi connectivity index (χ0n) is 11.7. The molecular weight excluding hydrogens is 262 g/mol. The molecule has 6 nitrogen and oxygen atoms in total. The highest BCUT2D eigenvalue weighted by Gasteiger charge is 2.20. The quantitative estimate of drug-likeness (QED) is 0.788. The lowest BCUT2D eigenvalue weighted by atomic mass is 10.0. The Hall–Kier alpha value is -2.08. The highest BCUT2D eigenvalue weighted by Crippen LogP contribution is 2.25. The number of aliphatic hydroxyl groups excluding tert-OH is 1. The van der Waals surface area contributed by atoms with E-state index >= 15 is 0 Å². The van der Waals surface area contributed by atoms with Crippen molar-refractivity contribution in [3.63, 3.8) is 0 Å². The number of carboxylic acid groups (broad SMARTS) is 1. The number of aliphatic hydroxyl groups is 1. The molecule has 1 aromatic carbocycles. The van der Waals surface area contributed by atoms with Gasteiger partial charge in [0.15, 0.2) is 0 Å². The van der Waals surface area contributed by atoms with Crippen LogP contribution in [0.4, 0.5) is 10.5 Å². The summed E-state index contributed by atoms with van der Waals surface area (Å²) in [6.45, 7) is 5.20. The third-order valence-corrected chi connectivity index (χ3v) is 2.32. The third kappa shape index (κ3) is 5.27. The Morgan fingerprint density at radius 3 is 2.45 bits per heavy atom. The van der Waals surface area contributed by atoms with Crippen LogP contribution >= 0.6 is 0 Å². The molecule has 1 rings (SSSR count). The van der Waals surface area contributed by atoms with E-state index in [9.17, 15) is 14.7 Å². The van der Waals surface area contributed by atoms with E-state index < -0.39 is 30.2 Å². The molecule has 0 bridgehead atoms. The van der Waals surface area contributed by atoms with Crippen LogP contribution in [0.15, 0.2) is 24.3 Å². The van der Waals surface area contributed by atoms with Crippen LogP contribution in [-0.4, -0.2) is 27.9 Å². The molecule has 0 fully saturated rings. The summed E-state index contributed by atoms with van der Waals surface area (Å²) in [5.74, 6) is -1.12. The maximum Gasteiger partial charge on any atom is 0.412 e. The molecule has 0 saturated heterocycles. The summed E-state index contributed by atoms with van der Waals surface area (Å²) in [5, 5.41) is 21.1. The topological polar surface area (TPSA) is 95.9 Å². The maximum atomic E-state index is 11.7. The predicted octanol–water partition coefficient (Wildman–Crippen LogP) is 2.54. The average molecular weight is 281 g/mol. The van der Waals surface area contributed by atoms with Gasteiger partial charge in [-0.25, -0.2) is 4.79 Å². The minimum atomic E-state index is -1.20. The van der Waals surface area contributed by atoms with E-state index in [4.69, 9.17) is 9.84 Å². The number of benzene rings is 1. The van der Waals surface area contributed by atoms with Crippen molar-refractivity contribution in [1.82, 2.24) is 0 Å². The molecule has 20 heavy (non-hydrogen) atoms. The monoisotopic (exact) mass is 281 g/mol. The van der Waals surface area contributed by atoms with E-state index in [1.165, 1.54) is 0 Å². The van der Waals surface area contributed by atoms with Crippen molar-refractivity contribution in [2.24, 2.45) is 0 Å². The molecule has 1 atom stereocenters. The van der Waals surface area contributed by atoms with Crippen molar-refractivity contribution in [3.05, 3.63) is 29.8 Å². The Balaban J connectivity index is 2.85. The normalized spacial score (nSPS) is 12.6. The molecule has 3 N–H and O–H groups in total. The lowest BCUT2D eigenvalue weighted by Gasteiger charge is -2.21. The fourth-order valence-electron chi connectivity index (χ4n) is 1.59. The van der Waals surface area contributed by atoms with Crippen molar-refractivity contribution in [2.45, 2.75) is 38.9 Å². The number of anilines is 1. The summed E-state index contributed by atoms with van der Waals surface area (Å²) in [4.78, 5) is 22.3. The molecule has 0 unspecified atom stereocenters. The Kier molecular flexibility index (Phi) is 5.10. The second-order valence-corrected chi connectivity index (χ2v) is 5.33. The molecule has 0 saturated carbocycles. The van der Waals surface area contributed by atoms with Crippen molar-refractivity contribution in [2.75, 3.05) is 5.32 Å². The van der Waals surface area contributed by atoms with Gasteiger partial charge in [0.1, 0.15) is 5.60 Å². The number of aliphatic carboxylic acids is 1. The van der Waals surface area contributed by atoms with E-state index in [2.05, 4.69) is 5.32 Å². The molecule has 1 amide bonds. The summed E-state index contributed by atoms with van der Waals surface area (Å²) in [5.41, 5.74) is 0.0230. The van der Waals surface area contributed by atoms with E-state index in [0.29, 0.717) is 11.3 Å². The van der Waals surface area contributed by atoms with Gasteiger partial charge in [-0.3, -0.25) is 10.1 Å². The Morgan fingerprint density at radius 1 is 1.30 bits per heavy atom. The Labute approximate surface area is 117 Å². The van der Waals surface area contributed by atoms with Crippen LogP contribution in [0.3, 0.4) is 0 Å². The molecule has 0 aliphatic heterocycles. The first-order valence-electron chi connectivity index (χ1n) is 6.18. The van der Waals surface area contributed by atoms with E-state index in [1.807, 2.05) is 0 Å². The second kappa shape index (κ2) is 6.38. The molecule has 110 valence electrons. The first kappa shape index (κ1) is 16.0. The first-order chi connectivity index (χ1) is 9.19. The summed E-state index contributed by atoms with van der Waals surface area (Å²) >= 11 is 0. The van der Waals surface area contributed by atoms with Gasteiger partial charge >= 0.3 is 12.1 Å².